The summed E-state index contributed by atoms with van der Waals surface area (Å²) in [4.78, 5) is 14.7. The molecule has 3 atom stereocenters. The van der Waals surface area contributed by atoms with Crippen molar-refractivity contribution in [3.63, 3.8) is 0 Å². The van der Waals surface area contributed by atoms with E-state index in [4.69, 9.17) is 0 Å². The fourth-order valence-corrected chi connectivity index (χ4v) is 2.87. The van der Waals surface area contributed by atoms with Crippen LogP contribution < -0.4 is 0 Å². The van der Waals surface area contributed by atoms with Gasteiger partial charge in [-0.25, -0.2) is 0 Å². The van der Waals surface area contributed by atoms with E-state index in [1.807, 2.05) is 37.3 Å². The third-order valence-electron chi connectivity index (χ3n) is 4.84. The number of allylic oxidation sites excluding steroid dienone is 2. The molecule has 0 saturated heterocycles. The molecule has 0 bridgehead atoms. The van der Waals surface area contributed by atoms with Gasteiger partial charge in [0.05, 0.1) is 12.1 Å². The Kier molecular flexibility index (Phi) is 8.91. The lowest BCUT2D eigenvalue weighted by Crippen LogP contribution is -2.43. The first-order chi connectivity index (χ1) is 11.8. The predicted molar refractivity (Wildman–Crippen MR) is 105 cm³/mol. The molecule has 0 spiro atoms. The van der Waals surface area contributed by atoms with Crippen molar-refractivity contribution in [3.8, 4) is 0 Å². The van der Waals surface area contributed by atoms with Crippen LogP contribution in [0.25, 0.3) is 0 Å². The Balaban J connectivity index is 2.77. The lowest BCUT2D eigenvalue weighted by molar-refractivity contribution is -0.139. The fourth-order valence-electron chi connectivity index (χ4n) is 2.87. The van der Waals surface area contributed by atoms with Crippen LogP contribution in [0.15, 0.2) is 42.5 Å². The van der Waals surface area contributed by atoms with E-state index in [1.54, 1.807) is 11.9 Å². The van der Waals surface area contributed by atoms with Gasteiger partial charge >= 0.3 is 0 Å². The summed E-state index contributed by atoms with van der Waals surface area (Å²) in [5.74, 6) is 0.943. The van der Waals surface area contributed by atoms with Crippen LogP contribution >= 0.6 is 0 Å². The number of aliphatic hydroxyl groups excluding tert-OH is 1. The Morgan fingerprint density at radius 2 is 1.60 bits per heavy atom. The Morgan fingerprint density at radius 1 is 1.04 bits per heavy atom. The van der Waals surface area contributed by atoms with Crippen molar-refractivity contribution < 1.29 is 9.90 Å². The molecular weight excluding hydrogens is 310 g/mol. The third kappa shape index (κ3) is 6.66. The van der Waals surface area contributed by atoms with Crippen molar-refractivity contribution in [1.82, 2.24) is 4.90 Å². The van der Waals surface area contributed by atoms with Gasteiger partial charge < -0.3 is 10.0 Å². The highest BCUT2D eigenvalue weighted by atomic mass is 16.3. The van der Waals surface area contributed by atoms with Gasteiger partial charge in [-0.15, -0.1) is 0 Å². The molecule has 0 aliphatic heterocycles. The summed E-state index contributed by atoms with van der Waals surface area (Å²) in [5.41, 5.74) is 0.840. The van der Waals surface area contributed by atoms with Gasteiger partial charge in [0.15, 0.2) is 0 Å². The smallest absolute Gasteiger partial charge is 0.226 e. The summed E-state index contributed by atoms with van der Waals surface area (Å²) in [6.45, 7) is 10.5. The molecule has 0 aliphatic rings. The minimum Gasteiger partial charge on any atom is -0.386 e. The van der Waals surface area contributed by atoms with Crippen LogP contribution in [0.4, 0.5) is 0 Å². The van der Waals surface area contributed by atoms with E-state index >= 15 is 0 Å². The van der Waals surface area contributed by atoms with Gasteiger partial charge in [-0.3, -0.25) is 4.79 Å². The maximum Gasteiger partial charge on any atom is 0.226 e. The van der Waals surface area contributed by atoms with Gasteiger partial charge in [-0.1, -0.05) is 70.2 Å². The van der Waals surface area contributed by atoms with Crippen LogP contribution in [-0.2, 0) is 4.79 Å². The molecule has 3 nitrogen and oxygen atoms in total. The first-order valence-electron chi connectivity index (χ1n) is 9.40. The Labute approximate surface area is 153 Å². The predicted octanol–water partition coefficient (Wildman–Crippen LogP) is 4.83. The van der Waals surface area contributed by atoms with Crippen molar-refractivity contribution >= 4 is 5.91 Å². The topological polar surface area (TPSA) is 40.5 Å². The molecule has 0 fully saturated rings. The highest BCUT2D eigenvalue weighted by molar-refractivity contribution is 5.79. The molecule has 25 heavy (non-hydrogen) atoms. The van der Waals surface area contributed by atoms with Crippen LogP contribution in [0.5, 0.6) is 0 Å². The zero-order valence-electron chi connectivity index (χ0n) is 16.6. The molecule has 0 saturated carbocycles. The lowest BCUT2D eigenvalue weighted by Gasteiger charge is -2.33. The molecule has 1 aromatic rings. The van der Waals surface area contributed by atoms with E-state index in [0.29, 0.717) is 5.92 Å². The number of rotatable bonds is 9. The maximum absolute atomic E-state index is 13.0. The number of likely N-dealkylation sites (N-methyl/N-ethyl adjacent to an activating group) is 1. The summed E-state index contributed by atoms with van der Waals surface area (Å²) in [5, 5.41) is 10.6. The second-order valence-electron chi connectivity index (χ2n) is 7.73. The van der Waals surface area contributed by atoms with Gasteiger partial charge in [-0.05, 0) is 37.2 Å². The summed E-state index contributed by atoms with van der Waals surface area (Å²) >= 11 is 0. The van der Waals surface area contributed by atoms with Gasteiger partial charge in [0, 0.05) is 13.0 Å². The van der Waals surface area contributed by atoms with E-state index in [-0.39, 0.29) is 23.8 Å². The number of hydrogen-bond donors (Lipinski definition) is 1. The average molecular weight is 346 g/mol. The number of benzene rings is 1. The molecule has 3 heteroatoms. The number of amides is 1. The number of carbonyl (C=O) groups excluding carboxylic acids is 1. The largest absolute Gasteiger partial charge is 0.386 e. The number of hydrogen-bond acceptors (Lipinski definition) is 2. The molecule has 0 radical (unpaired) electrons. The van der Waals surface area contributed by atoms with Gasteiger partial charge in [0.2, 0.25) is 5.91 Å². The second kappa shape index (κ2) is 10.4. The average Bonchev–Trinajstić information content (AvgIpc) is 2.59. The van der Waals surface area contributed by atoms with Crippen LogP contribution in [0.1, 0.15) is 59.1 Å². The van der Waals surface area contributed by atoms with E-state index in [2.05, 4.69) is 39.8 Å². The zero-order chi connectivity index (χ0) is 19.0. The van der Waals surface area contributed by atoms with E-state index < -0.39 is 6.10 Å². The quantitative estimate of drug-likeness (QED) is 0.651. The molecule has 0 aromatic heterocycles. The third-order valence-corrected chi connectivity index (χ3v) is 4.84. The minimum atomic E-state index is -0.681. The summed E-state index contributed by atoms with van der Waals surface area (Å²) in [6.07, 6.45) is 5.42. The summed E-state index contributed by atoms with van der Waals surface area (Å²) in [6, 6.07) is 9.26. The maximum atomic E-state index is 13.0. The Bertz CT molecular complexity index is 536. The molecule has 0 aliphatic carbocycles. The minimum absolute atomic E-state index is 0.0566. The van der Waals surface area contributed by atoms with E-state index in [1.165, 1.54) is 0 Å². The first kappa shape index (κ1) is 21.4. The highest BCUT2D eigenvalue weighted by Crippen LogP contribution is 2.24. The Morgan fingerprint density at radius 3 is 2.12 bits per heavy atom. The molecule has 1 N–H and O–H groups in total. The first-order valence-corrected chi connectivity index (χ1v) is 9.40. The van der Waals surface area contributed by atoms with E-state index in [9.17, 15) is 9.90 Å². The lowest BCUT2D eigenvalue weighted by atomic mass is 9.89. The van der Waals surface area contributed by atoms with Crippen molar-refractivity contribution in [3.05, 3.63) is 48.0 Å². The standard InChI is InChI=1S/C22H35NO2/c1-16(2)12-10-11-15-20(17(3)4)22(25)23(6)18(5)21(24)19-13-8-7-9-14-19/h7-11,13-14,16-18,20-21,24H,12,15H2,1-6H3/t18-,20-,21+/m0/s1. The second-order valence-corrected chi connectivity index (χ2v) is 7.73. The van der Waals surface area contributed by atoms with Crippen LogP contribution in [0, 0.1) is 17.8 Å². The summed E-state index contributed by atoms with van der Waals surface area (Å²) in [7, 11) is 1.80. The van der Waals surface area contributed by atoms with Gasteiger partial charge in [-0.2, -0.15) is 0 Å². The monoisotopic (exact) mass is 345 g/mol. The van der Waals surface area contributed by atoms with Crippen LogP contribution in [0.2, 0.25) is 0 Å². The van der Waals surface area contributed by atoms with Crippen molar-refractivity contribution in [1.29, 1.82) is 0 Å². The van der Waals surface area contributed by atoms with Crippen molar-refractivity contribution in [2.75, 3.05) is 7.05 Å². The summed E-state index contributed by atoms with van der Waals surface area (Å²) < 4.78 is 0. The van der Waals surface area contributed by atoms with Crippen LogP contribution in [0.3, 0.4) is 0 Å². The molecule has 0 unspecified atom stereocenters. The number of aliphatic hydroxyl groups is 1. The zero-order valence-corrected chi connectivity index (χ0v) is 16.6. The normalized spacial score (nSPS) is 15.6. The highest BCUT2D eigenvalue weighted by Gasteiger charge is 2.30. The molecule has 0 heterocycles. The number of nitrogens with zero attached hydrogens (tertiary/aromatic N) is 1. The molecule has 140 valence electrons. The Hall–Kier alpha value is -1.61. The van der Waals surface area contributed by atoms with Crippen LogP contribution in [-0.4, -0.2) is 29.0 Å². The van der Waals surface area contributed by atoms with Crippen molar-refractivity contribution in [2.24, 2.45) is 17.8 Å². The molecule has 1 amide bonds. The molecule has 1 aromatic carbocycles. The number of carbonyl (C=O) groups is 1. The molecule has 1 rings (SSSR count). The SMILES string of the molecule is CC(C)CC=CC[C@H](C(=O)N(C)[C@@H](C)[C@@H](O)c1ccccc1)C(C)C. The van der Waals surface area contributed by atoms with Gasteiger partial charge in [0.25, 0.3) is 0 Å². The van der Waals surface area contributed by atoms with Gasteiger partial charge in [0.1, 0.15) is 0 Å². The molecular formula is C22H35NO2. The fraction of sp³-hybridized carbons (Fsp3) is 0.591. The van der Waals surface area contributed by atoms with Crippen molar-refractivity contribution in [2.45, 2.75) is 59.6 Å². The van der Waals surface area contributed by atoms with E-state index in [0.717, 1.165) is 18.4 Å².